The van der Waals surface area contributed by atoms with Gasteiger partial charge in [-0.15, -0.1) is 11.8 Å². The zero-order valence-electron chi connectivity index (χ0n) is 9.90. The summed E-state index contributed by atoms with van der Waals surface area (Å²) in [7, 11) is 0. The van der Waals surface area contributed by atoms with Gasteiger partial charge in [0.15, 0.2) is 0 Å². The Morgan fingerprint density at radius 2 is 2.11 bits per heavy atom. The Balaban J connectivity index is 1.83. The molecule has 1 aliphatic heterocycles. The van der Waals surface area contributed by atoms with Gasteiger partial charge in [0, 0.05) is 22.9 Å². The van der Waals surface area contributed by atoms with Crippen LogP contribution >= 0.6 is 23.4 Å². The predicted octanol–water partition coefficient (Wildman–Crippen LogP) is 3.13. The highest BCUT2D eigenvalue weighted by molar-refractivity contribution is 7.99. The predicted molar refractivity (Wildman–Crippen MR) is 76.3 cm³/mol. The third-order valence-corrected chi connectivity index (χ3v) is 4.57. The van der Waals surface area contributed by atoms with Crippen molar-refractivity contribution in [2.75, 3.05) is 13.1 Å². The standard InChI is InChI=1S/C13H14ClN3S/c14-12-7-11-9(8-16-12)1-2-13(17-11)18-10-3-5-15-6-4-10/h1-2,7-8,10,15H,3-6H2. The fourth-order valence-electron chi connectivity index (χ4n) is 2.12. The number of aromatic nitrogens is 2. The Bertz CT molecular complexity index is 555. The summed E-state index contributed by atoms with van der Waals surface area (Å²) in [5, 5.41) is 6.67. The molecule has 0 radical (unpaired) electrons. The van der Waals surface area contributed by atoms with Crippen LogP contribution in [0, 0.1) is 0 Å². The lowest BCUT2D eigenvalue weighted by Gasteiger charge is -2.21. The average Bonchev–Trinajstić information content (AvgIpc) is 2.39. The quantitative estimate of drug-likeness (QED) is 0.857. The second kappa shape index (κ2) is 5.43. The molecule has 18 heavy (non-hydrogen) atoms. The summed E-state index contributed by atoms with van der Waals surface area (Å²) in [5.74, 6) is 0. The number of hydrogen-bond donors (Lipinski definition) is 1. The molecular weight excluding hydrogens is 266 g/mol. The van der Waals surface area contributed by atoms with E-state index in [4.69, 9.17) is 11.6 Å². The first-order chi connectivity index (χ1) is 8.81. The largest absolute Gasteiger partial charge is 0.317 e. The van der Waals surface area contributed by atoms with Crippen LogP contribution in [0.5, 0.6) is 0 Å². The maximum Gasteiger partial charge on any atom is 0.131 e. The van der Waals surface area contributed by atoms with Crippen LogP contribution in [0.1, 0.15) is 12.8 Å². The number of nitrogens with zero attached hydrogens (tertiary/aromatic N) is 2. The lowest BCUT2D eigenvalue weighted by Crippen LogP contribution is -2.29. The van der Waals surface area contributed by atoms with Crippen LogP contribution in [-0.2, 0) is 0 Å². The molecule has 0 aromatic carbocycles. The Morgan fingerprint density at radius 3 is 2.94 bits per heavy atom. The maximum atomic E-state index is 5.90. The third kappa shape index (κ3) is 2.76. The third-order valence-electron chi connectivity index (χ3n) is 3.09. The van der Waals surface area contributed by atoms with Gasteiger partial charge in [0.25, 0.3) is 0 Å². The van der Waals surface area contributed by atoms with E-state index in [1.807, 2.05) is 17.8 Å². The van der Waals surface area contributed by atoms with Gasteiger partial charge in [0.05, 0.1) is 10.5 Å². The van der Waals surface area contributed by atoms with Crippen LogP contribution in [0.2, 0.25) is 5.15 Å². The van der Waals surface area contributed by atoms with Gasteiger partial charge in [0.1, 0.15) is 5.15 Å². The van der Waals surface area contributed by atoms with Crippen molar-refractivity contribution >= 4 is 34.3 Å². The van der Waals surface area contributed by atoms with Crippen LogP contribution in [0.15, 0.2) is 29.4 Å². The molecule has 0 atom stereocenters. The van der Waals surface area contributed by atoms with Gasteiger partial charge in [-0.3, -0.25) is 0 Å². The number of piperidine rings is 1. The molecule has 94 valence electrons. The summed E-state index contributed by atoms with van der Waals surface area (Å²) in [6.45, 7) is 2.22. The molecule has 3 heterocycles. The van der Waals surface area contributed by atoms with Crippen LogP contribution in [0.3, 0.4) is 0 Å². The molecule has 3 nitrogen and oxygen atoms in total. The molecule has 0 bridgehead atoms. The molecule has 2 aromatic heterocycles. The highest BCUT2D eigenvalue weighted by Gasteiger charge is 2.14. The first kappa shape index (κ1) is 12.2. The van der Waals surface area contributed by atoms with Gasteiger partial charge in [-0.1, -0.05) is 11.6 Å². The van der Waals surface area contributed by atoms with E-state index in [1.165, 1.54) is 12.8 Å². The van der Waals surface area contributed by atoms with Crippen molar-refractivity contribution in [1.29, 1.82) is 0 Å². The van der Waals surface area contributed by atoms with E-state index >= 15 is 0 Å². The van der Waals surface area contributed by atoms with Gasteiger partial charge in [-0.05, 0) is 38.1 Å². The van der Waals surface area contributed by atoms with Crippen molar-refractivity contribution in [2.24, 2.45) is 0 Å². The number of nitrogens with one attached hydrogen (secondary N) is 1. The van der Waals surface area contributed by atoms with Crippen molar-refractivity contribution in [2.45, 2.75) is 23.1 Å². The Labute approximate surface area is 115 Å². The van der Waals surface area contributed by atoms with E-state index < -0.39 is 0 Å². The van der Waals surface area contributed by atoms with Gasteiger partial charge < -0.3 is 5.32 Å². The summed E-state index contributed by atoms with van der Waals surface area (Å²) < 4.78 is 0. The molecule has 1 aliphatic rings. The Morgan fingerprint density at radius 1 is 1.28 bits per heavy atom. The zero-order chi connectivity index (χ0) is 12.4. The number of rotatable bonds is 2. The molecule has 5 heteroatoms. The molecule has 0 amide bonds. The van der Waals surface area contributed by atoms with E-state index in [2.05, 4.69) is 27.4 Å². The lowest BCUT2D eigenvalue weighted by molar-refractivity contribution is 0.531. The van der Waals surface area contributed by atoms with Gasteiger partial charge in [0.2, 0.25) is 0 Å². The molecule has 0 aliphatic carbocycles. The number of fused-ring (bicyclic) bond motifs is 1. The number of halogens is 1. The van der Waals surface area contributed by atoms with Crippen molar-refractivity contribution in [1.82, 2.24) is 15.3 Å². The van der Waals surface area contributed by atoms with E-state index in [1.54, 1.807) is 6.20 Å². The number of pyridine rings is 2. The number of hydrogen-bond acceptors (Lipinski definition) is 4. The lowest BCUT2D eigenvalue weighted by atomic mass is 10.2. The van der Waals surface area contributed by atoms with E-state index in [9.17, 15) is 0 Å². The normalized spacial score (nSPS) is 17.2. The van der Waals surface area contributed by atoms with Crippen LogP contribution < -0.4 is 5.32 Å². The molecular formula is C13H14ClN3S. The molecule has 2 aromatic rings. The minimum Gasteiger partial charge on any atom is -0.317 e. The summed E-state index contributed by atoms with van der Waals surface area (Å²) in [6.07, 6.45) is 4.19. The SMILES string of the molecule is Clc1cc2nc(SC3CCNCC3)ccc2cn1. The second-order valence-corrected chi connectivity index (χ2v) is 6.12. The minimum atomic E-state index is 0.499. The maximum absolute atomic E-state index is 5.90. The van der Waals surface area contributed by atoms with E-state index in [0.29, 0.717) is 10.4 Å². The molecule has 3 rings (SSSR count). The van der Waals surface area contributed by atoms with Gasteiger partial charge >= 0.3 is 0 Å². The minimum absolute atomic E-state index is 0.499. The van der Waals surface area contributed by atoms with Crippen molar-refractivity contribution in [3.63, 3.8) is 0 Å². The monoisotopic (exact) mass is 279 g/mol. The summed E-state index contributed by atoms with van der Waals surface area (Å²) >= 11 is 7.77. The van der Waals surface area contributed by atoms with Crippen molar-refractivity contribution in [3.8, 4) is 0 Å². The Hall–Kier alpha value is -0.840. The first-order valence-electron chi connectivity index (χ1n) is 6.11. The molecule has 1 N–H and O–H groups in total. The fraction of sp³-hybridized carbons (Fsp3) is 0.385. The van der Waals surface area contributed by atoms with Crippen molar-refractivity contribution < 1.29 is 0 Å². The zero-order valence-corrected chi connectivity index (χ0v) is 11.5. The molecule has 0 saturated carbocycles. The van der Waals surface area contributed by atoms with Crippen LogP contribution in [0.25, 0.3) is 10.9 Å². The summed E-state index contributed by atoms with van der Waals surface area (Å²) in [4.78, 5) is 8.71. The topological polar surface area (TPSA) is 37.8 Å². The van der Waals surface area contributed by atoms with Crippen LogP contribution in [0.4, 0.5) is 0 Å². The highest BCUT2D eigenvalue weighted by atomic mass is 35.5. The average molecular weight is 280 g/mol. The summed E-state index contributed by atoms with van der Waals surface area (Å²) in [6, 6.07) is 5.96. The van der Waals surface area contributed by atoms with Crippen LogP contribution in [-0.4, -0.2) is 28.3 Å². The first-order valence-corrected chi connectivity index (χ1v) is 7.37. The smallest absolute Gasteiger partial charge is 0.131 e. The molecule has 1 saturated heterocycles. The van der Waals surface area contributed by atoms with E-state index in [0.717, 1.165) is 29.0 Å². The summed E-state index contributed by atoms with van der Waals surface area (Å²) in [5.41, 5.74) is 0.925. The second-order valence-electron chi connectivity index (χ2n) is 4.42. The molecule has 0 unspecified atom stereocenters. The van der Waals surface area contributed by atoms with E-state index in [-0.39, 0.29) is 0 Å². The van der Waals surface area contributed by atoms with Gasteiger partial charge in [-0.25, -0.2) is 9.97 Å². The molecule has 1 fully saturated rings. The highest BCUT2D eigenvalue weighted by Crippen LogP contribution is 2.28. The number of thioether (sulfide) groups is 1. The molecule has 0 spiro atoms. The van der Waals surface area contributed by atoms with Gasteiger partial charge in [-0.2, -0.15) is 0 Å². The van der Waals surface area contributed by atoms with Crippen molar-refractivity contribution in [3.05, 3.63) is 29.5 Å². The fourth-order valence-corrected chi connectivity index (χ4v) is 3.39. The Kier molecular flexibility index (Phi) is 3.68.